The first-order chi connectivity index (χ1) is 11.6. The fourth-order valence-corrected chi connectivity index (χ4v) is 2.54. The van der Waals surface area contributed by atoms with Crippen LogP contribution < -0.4 is 5.32 Å². The van der Waals surface area contributed by atoms with Gasteiger partial charge in [0.15, 0.2) is 5.78 Å². The van der Waals surface area contributed by atoms with Gasteiger partial charge >= 0.3 is 0 Å². The monoisotopic (exact) mass is 337 g/mol. The minimum atomic E-state index is -0.307. The minimum Gasteiger partial charge on any atom is -0.297 e. The Morgan fingerprint density at radius 1 is 0.792 bits per heavy atom. The zero-order valence-electron chi connectivity index (χ0n) is 15.6. The molecule has 0 rings (SSSR count). The predicted molar refractivity (Wildman–Crippen MR) is 98.7 cm³/mol. The van der Waals surface area contributed by atoms with Crippen LogP contribution in [0.25, 0.3) is 0 Å². The van der Waals surface area contributed by atoms with E-state index in [0.29, 0.717) is 12.8 Å². The molecule has 0 bridgehead atoms. The average molecular weight is 338 g/mol. The van der Waals surface area contributed by atoms with Gasteiger partial charge in [0.25, 0.3) is 0 Å². The van der Waals surface area contributed by atoms with Crippen LogP contribution in [-0.4, -0.2) is 17.6 Å². The fourth-order valence-electron chi connectivity index (χ4n) is 2.54. The summed E-state index contributed by atoms with van der Waals surface area (Å²) in [5.41, 5.74) is 0. The number of hydrogen-bond donors (Lipinski definition) is 1. The molecule has 1 N–H and O–H groups in total. The molecule has 0 aromatic rings. The summed E-state index contributed by atoms with van der Waals surface area (Å²) in [6, 6.07) is 0. The van der Waals surface area contributed by atoms with E-state index in [-0.39, 0.29) is 17.6 Å². The Morgan fingerprint density at radius 3 is 2.04 bits per heavy atom. The summed E-state index contributed by atoms with van der Waals surface area (Å²) in [5.74, 6) is -0.315. The summed E-state index contributed by atoms with van der Waals surface area (Å²) in [6.45, 7) is 3.56. The van der Waals surface area contributed by atoms with Crippen molar-refractivity contribution in [3.63, 3.8) is 0 Å². The van der Waals surface area contributed by atoms with Crippen LogP contribution in [-0.2, 0) is 14.4 Å². The maximum atomic E-state index is 11.7. The zero-order valence-corrected chi connectivity index (χ0v) is 15.6. The highest BCUT2D eigenvalue weighted by Gasteiger charge is 2.03. The van der Waals surface area contributed by atoms with E-state index in [1.165, 1.54) is 45.4 Å². The van der Waals surface area contributed by atoms with Gasteiger partial charge < -0.3 is 0 Å². The molecule has 0 saturated heterocycles. The first kappa shape index (κ1) is 22.6. The summed E-state index contributed by atoms with van der Waals surface area (Å²) in [4.78, 5) is 33.6. The van der Waals surface area contributed by atoms with E-state index in [0.717, 1.165) is 32.1 Å². The third kappa shape index (κ3) is 16.9. The van der Waals surface area contributed by atoms with Crippen LogP contribution in [0.2, 0.25) is 0 Å². The second-order valence-electron chi connectivity index (χ2n) is 6.44. The molecule has 4 heteroatoms. The normalized spacial score (nSPS) is 10.9. The SMILES string of the molecule is CCCCCCCC/C=C/C(=O)CCCCCCC(=O)NC(C)=O. The van der Waals surface area contributed by atoms with E-state index in [1.807, 2.05) is 6.08 Å². The number of nitrogens with one attached hydrogen (secondary N) is 1. The highest BCUT2D eigenvalue weighted by atomic mass is 16.2. The molecule has 24 heavy (non-hydrogen) atoms. The largest absolute Gasteiger partial charge is 0.297 e. The Hall–Kier alpha value is -1.45. The Balaban J connectivity index is 3.41. The van der Waals surface area contributed by atoms with E-state index in [4.69, 9.17) is 0 Å². The van der Waals surface area contributed by atoms with Gasteiger partial charge in [-0.2, -0.15) is 0 Å². The molecule has 0 atom stereocenters. The van der Waals surface area contributed by atoms with Gasteiger partial charge in [-0.05, 0) is 31.8 Å². The van der Waals surface area contributed by atoms with Crippen molar-refractivity contribution in [3.8, 4) is 0 Å². The van der Waals surface area contributed by atoms with Crippen molar-refractivity contribution < 1.29 is 14.4 Å². The number of amides is 2. The number of imide groups is 1. The Labute approximate surface area is 147 Å². The highest BCUT2D eigenvalue weighted by molar-refractivity contribution is 5.93. The molecular formula is C20H35NO3. The molecule has 0 aromatic carbocycles. The maximum Gasteiger partial charge on any atom is 0.226 e. The minimum absolute atomic E-state index is 0.204. The Bertz CT molecular complexity index is 388. The lowest BCUT2D eigenvalue weighted by molar-refractivity contribution is -0.129. The molecule has 0 unspecified atom stereocenters. The van der Waals surface area contributed by atoms with Crippen LogP contribution in [0.5, 0.6) is 0 Å². The lowest BCUT2D eigenvalue weighted by Gasteiger charge is -2.01. The van der Waals surface area contributed by atoms with Gasteiger partial charge in [0.2, 0.25) is 11.8 Å². The lowest BCUT2D eigenvalue weighted by atomic mass is 10.1. The number of ketones is 1. The van der Waals surface area contributed by atoms with Gasteiger partial charge in [0.05, 0.1) is 0 Å². The third-order valence-electron chi connectivity index (χ3n) is 3.92. The van der Waals surface area contributed by atoms with E-state index < -0.39 is 0 Å². The van der Waals surface area contributed by atoms with Crippen molar-refractivity contribution in [1.29, 1.82) is 0 Å². The average Bonchev–Trinajstić information content (AvgIpc) is 2.52. The third-order valence-corrected chi connectivity index (χ3v) is 3.92. The van der Waals surface area contributed by atoms with Gasteiger partial charge in [0.1, 0.15) is 0 Å². The highest BCUT2D eigenvalue weighted by Crippen LogP contribution is 2.08. The van der Waals surface area contributed by atoms with Crippen molar-refractivity contribution in [1.82, 2.24) is 5.32 Å². The second kappa shape index (κ2) is 16.4. The van der Waals surface area contributed by atoms with Crippen molar-refractivity contribution in [2.75, 3.05) is 0 Å². The molecule has 0 aromatic heterocycles. The number of unbranched alkanes of at least 4 members (excludes halogenated alkanes) is 9. The number of carbonyl (C=O) groups excluding carboxylic acids is 3. The van der Waals surface area contributed by atoms with Crippen molar-refractivity contribution in [2.45, 2.75) is 97.3 Å². The predicted octanol–water partition coefficient (Wildman–Crippen LogP) is 4.87. The standard InChI is InChI=1S/C20H35NO3/c1-3-4-5-6-7-8-9-12-15-19(23)16-13-10-11-14-17-20(24)21-18(2)22/h12,15H,3-11,13-14,16-17H2,1-2H3,(H,21,22,24)/b15-12+. The molecule has 0 aliphatic carbocycles. The maximum absolute atomic E-state index is 11.7. The Kier molecular flexibility index (Phi) is 15.4. The van der Waals surface area contributed by atoms with Crippen molar-refractivity contribution in [3.05, 3.63) is 12.2 Å². The van der Waals surface area contributed by atoms with Gasteiger partial charge in [0, 0.05) is 19.8 Å². The van der Waals surface area contributed by atoms with Gasteiger partial charge in [-0.1, -0.05) is 57.9 Å². The molecule has 0 aliphatic rings. The summed E-state index contributed by atoms with van der Waals surface area (Å²) in [6.07, 6.45) is 16.9. The van der Waals surface area contributed by atoms with Gasteiger partial charge in [-0.3, -0.25) is 19.7 Å². The molecule has 2 amide bonds. The Morgan fingerprint density at radius 2 is 1.38 bits per heavy atom. The van der Waals surface area contributed by atoms with Crippen LogP contribution in [0.3, 0.4) is 0 Å². The van der Waals surface area contributed by atoms with E-state index in [9.17, 15) is 14.4 Å². The smallest absolute Gasteiger partial charge is 0.226 e. The molecule has 0 aliphatic heterocycles. The zero-order chi connectivity index (χ0) is 18.0. The first-order valence-corrected chi connectivity index (χ1v) is 9.56. The lowest BCUT2D eigenvalue weighted by Crippen LogP contribution is -2.27. The summed E-state index contributed by atoms with van der Waals surface area (Å²) >= 11 is 0. The van der Waals surface area contributed by atoms with E-state index in [2.05, 4.69) is 12.2 Å². The van der Waals surface area contributed by atoms with Crippen molar-refractivity contribution >= 4 is 17.6 Å². The van der Waals surface area contributed by atoms with Crippen LogP contribution >= 0.6 is 0 Å². The van der Waals surface area contributed by atoms with Crippen LogP contribution in [0.4, 0.5) is 0 Å². The molecule has 0 radical (unpaired) electrons. The molecule has 138 valence electrons. The topological polar surface area (TPSA) is 63.2 Å². The summed E-state index contributed by atoms with van der Waals surface area (Å²) in [5, 5.41) is 2.26. The molecule has 0 heterocycles. The first-order valence-electron chi connectivity index (χ1n) is 9.56. The number of hydrogen-bond acceptors (Lipinski definition) is 3. The second-order valence-corrected chi connectivity index (χ2v) is 6.44. The number of allylic oxidation sites excluding steroid dienone is 2. The van der Waals surface area contributed by atoms with Crippen LogP contribution in [0, 0.1) is 0 Å². The number of rotatable bonds is 15. The molecule has 0 spiro atoms. The summed E-state index contributed by atoms with van der Waals surface area (Å²) < 4.78 is 0. The molecule has 0 fully saturated rings. The van der Waals surface area contributed by atoms with E-state index >= 15 is 0 Å². The van der Waals surface area contributed by atoms with Gasteiger partial charge in [-0.15, -0.1) is 0 Å². The van der Waals surface area contributed by atoms with Crippen LogP contribution in [0.15, 0.2) is 12.2 Å². The molecular weight excluding hydrogens is 302 g/mol. The van der Waals surface area contributed by atoms with Crippen LogP contribution in [0.1, 0.15) is 97.3 Å². The van der Waals surface area contributed by atoms with Gasteiger partial charge in [-0.25, -0.2) is 0 Å². The molecule has 0 saturated carbocycles. The number of carbonyl (C=O) groups is 3. The fraction of sp³-hybridized carbons (Fsp3) is 0.750. The van der Waals surface area contributed by atoms with Crippen molar-refractivity contribution in [2.24, 2.45) is 0 Å². The quantitative estimate of drug-likeness (QED) is 0.343. The molecule has 4 nitrogen and oxygen atoms in total. The summed E-state index contributed by atoms with van der Waals surface area (Å²) in [7, 11) is 0. The van der Waals surface area contributed by atoms with E-state index in [1.54, 1.807) is 6.08 Å².